The lowest BCUT2D eigenvalue weighted by Crippen LogP contribution is -2.55. The Labute approximate surface area is 194 Å². The van der Waals surface area contributed by atoms with Gasteiger partial charge >= 0.3 is 7.76 Å². The number of allylic oxidation sites excluding steroid dienone is 1. The maximum Gasteiger partial charge on any atom is 0.406 e. The van der Waals surface area contributed by atoms with Gasteiger partial charge in [0.1, 0.15) is 0 Å². The fourth-order valence-corrected chi connectivity index (χ4v) is 10.6. The van der Waals surface area contributed by atoms with Crippen LogP contribution in [0, 0.1) is 46.3 Å². The molecule has 0 heterocycles. The molecule has 4 aliphatic rings. The van der Waals surface area contributed by atoms with Gasteiger partial charge in [0, 0.05) is 5.41 Å². The molecule has 4 aliphatic carbocycles. The molecule has 0 bridgehead atoms. The SMILES string of the molecule is CC(C)CCC[C@@H](C)[C@H]1CC[C@H]2[C@@H]3CC=C4C[C@H](O)CC(P(=O)(F)F)[C@]4(C)[C@H]3CC[C@]12C. The summed E-state index contributed by atoms with van der Waals surface area (Å²) in [5.74, 6) is 3.39. The molecule has 0 aromatic rings. The van der Waals surface area contributed by atoms with E-state index in [9.17, 15) is 18.1 Å². The van der Waals surface area contributed by atoms with Gasteiger partial charge in [0.15, 0.2) is 0 Å². The number of fused-ring (bicyclic) bond motifs is 5. The van der Waals surface area contributed by atoms with Crippen molar-refractivity contribution in [1.82, 2.24) is 0 Å². The molecule has 184 valence electrons. The molecule has 3 fully saturated rings. The molecule has 0 aliphatic heterocycles. The smallest absolute Gasteiger partial charge is 0.393 e. The van der Waals surface area contributed by atoms with E-state index in [-0.39, 0.29) is 12.3 Å². The van der Waals surface area contributed by atoms with E-state index in [2.05, 4.69) is 33.8 Å². The molecule has 9 atom stereocenters. The molecular weight excluding hydrogens is 425 g/mol. The van der Waals surface area contributed by atoms with Gasteiger partial charge in [0.05, 0.1) is 11.8 Å². The van der Waals surface area contributed by atoms with Gasteiger partial charge in [-0.25, -0.2) is 4.57 Å². The van der Waals surface area contributed by atoms with E-state index >= 15 is 0 Å². The second-order valence-electron chi connectivity index (χ2n) is 12.8. The molecule has 3 saturated carbocycles. The van der Waals surface area contributed by atoms with Gasteiger partial charge in [0.2, 0.25) is 0 Å². The van der Waals surface area contributed by atoms with Crippen LogP contribution >= 0.6 is 7.76 Å². The molecule has 0 aromatic carbocycles. The Bertz CT molecular complexity index is 776. The predicted octanol–water partition coefficient (Wildman–Crippen LogP) is 8.50. The molecule has 2 nitrogen and oxygen atoms in total. The normalized spacial score (nSPS) is 45.1. The standard InChI is InChI=1S/C27H45F2O2P/c1-17(2)7-6-8-18(3)22-11-12-23-21-10-9-19-15-20(30)16-25(32(28,29)31)27(19,5)24(21)13-14-26(22,23)4/h9,17-18,20-25,30H,6-8,10-16H2,1-5H3/t18-,20+,21+,22-,23+,24+,25?,26-,27+/m1/s1. The molecule has 0 amide bonds. The number of aliphatic hydroxyl groups excluding tert-OH is 1. The van der Waals surface area contributed by atoms with Crippen molar-refractivity contribution >= 4 is 7.76 Å². The first-order chi connectivity index (χ1) is 14.9. The summed E-state index contributed by atoms with van der Waals surface area (Å²) in [6.07, 6.45) is 11.3. The Kier molecular flexibility index (Phi) is 6.83. The Morgan fingerprint density at radius 2 is 1.84 bits per heavy atom. The van der Waals surface area contributed by atoms with E-state index in [1.54, 1.807) is 0 Å². The Morgan fingerprint density at radius 3 is 2.50 bits per heavy atom. The lowest BCUT2D eigenvalue weighted by molar-refractivity contribution is -0.0569. The Balaban J connectivity index is 1.58. The predicted molar refractivity (Wildman–Crippen MR) is 128 cm³/mol. The van der Waals surface area contributed by atoms with Crippen LogP contribution in [0.1, 0.15) is 98.8 Å². The molecule has 1 N–H and O–H groups in total. The summed E-state index contributed by atoms with van der Waals surface area (Å²) < 4.78 is 41.1. The van der Waals surface area contributed by atoms with Crippen LogP contribution in [0.2, 0.25) is 0 Å². The zero-order valence-electron chi connectivity index (χ0n) is 20.8. The molecule has 0 radical (unpaired) electrons. The fourth-order valence-electron chi connectivity index (χ4n) is 9.16. The first-order valence-corrected chi connectivity index (χ1v) is 14.8. The van der Waals surface area contributed by atoms with Crippen LogP contribution in [0.4, 0.5) is 8.39 Å². The topological polar surface area (TPSA) is 37.3 Å². The highest BCUT2D eigenvalue weighted by molar-refractivity contribution is 7.53. The van der Waals surface area contributed by atoms with Gasteiger partial charge in [-0.05, 0) is 85.9 Å². The van der Waals surface area contributed by atoms with E-state index in [0.717, 1.165) is 42.6 Å². The van der Waals surface area contributed by atoms with Crippen molar-refractivity contribution in [3.63, 3.8) is 0 Å². The molecule has 0 spiro atoms. The monoisotopic (exact) mass is 470 g/mol. The summed E-state index contributed by atoms with van der Waals surface area (Å²) in [5, 5.41) is 10.3. The molecule has 4 rings (SSSR count). The third kappa shape index (κ3) is 4.08. The average Bonchev–Trinajstić information content (AvgIpc) is 3.04. The van der Waals surface area contributed by atoms with E-state index < -0.39 is 24.9 Å². The van der Waals surface area contributed by atoms with Crippen LogP contribution < -0.4 is 0 Å². The van der Waals surface area contributed by atoms with Gasteiger partial charge < -0.3 is 5.11 Å². The summed E-state index contributed by atoms with van der Waals surface area (Å²) in [5.41, 5.74) is -0.630. The van der Waals surface area contributed by atoms with Crippen LogP contribution in [-0.4, -0.2) is 16.9 Å². The number of hydrogen-bond donors (Lipinski definition) is 1. The number of halogens is 2. The first kappa shape index (κ1) is 24.9. The lowest BCUT2D eigenvalue weighted by atomic mass is 9.46. The van der Waals surface area contributed by atoms with Crippen LogP contribution in [0.5, 0.6) is 0 Å². The van der Waals surface area contributed by atoms with Crippen molar-refractivity contribution in [1.29, 1.82) is 0 Å². The molecule has 1 unspecified atom stereocenters. The van der Waals surface area contributed by atoms with Crippen molar-refractivity contribution in [2.75, 3.05) is 0 Å². The Morgan fingerprint density at radius 1 is 1.12 bits per heavy atom. The van der Waals surface area contributed by atoms with Gasteiger partial charge in [0.25, 0.3) is 0 Å². The van der Waals surface area contributed by atoms with E-state index in [0.29, 0.717) is 23.7 Å². The highest BCUT2D eigenvalue weighted by atomic mass is 31.2. The van der Waals surface area contributed by atoms with Crippen molar-refractivity contribution in [2.24, 2.45) is 46.3 Å². The highest BCUT2D eigenvalue weighted by Crippen LogP contribution is 2.73. The zero-order chi connectivity index (χ0) is 23.5. The van der Waals surface area contributed by atoms with Crippen LogP contribution in [0.25, 0.3) is 0 Å². The zero-order valence-corrected chi connectivity index (χ0v) is 21.7. The molecule has 5 heteroatoms. The minimum atomic E-state index is -5.29. The number of hydrogen-bond acceptors (Lipinski definition) is 2. The average molecular weight is 471 g/mol. The molecular formula is C27H45F2O2P. The van der Waals surface area contributed by atoms with Gasteiger partial charge in [-0.15, -0.1) is 0 Å². The molecule has 32 heavy (non-hydrogen) atoms. The Hall–Kier alpha value is -0.210. The fraction of sp³-hybridized carbons (Fsp3) is 0.926. The largest absolute Gasteiger partial charge is 0.406 e. The third-order valence-electron chi connectivity index (χ3n) is 10.7. The van der Waals surface area contributed by atoms with Crippen LogP contribution in [-0.2, 0) is 4.57 Å². The maximum absolute atomic E-state index is 14.5. The van der Waals surface area contributed by atoms with Crippen LogP contribution in [0.15, 0.2) is 11.6 Å². The van der Waals surface area contributed by atoms with Crippen molar-refractivity contribution < 1.29 is 18.1 Å². The second kappa shape index (κ2) is 8.78. The third-order valence-corrected chi connectivity index (χ3v) is 12.2. The van der Waals surface area contributed by atoms with Crippen molar-refractivity contribution in [3.8, 4) is 0 Å². The van der Waals surface area contributed by atoms with E-state index in [4.69, 9.17) is 0 Å². The quantitative estimate of drug-likeness (QED) is 0.312. The summed E-state index contributed by atoms with van der Waals surface area (Å²) in [6, 6.07) is 0. The minimum Gasteiger partial charge on any atom is -0.393 e. The van der Waals surface area contributed by atoms with Crippen LogP contribution in [0.3, 0.4) is 0 Å². The number of aliphatic hydroxyl groups is 1. The van der Waals surface area contributed by atoms with Crippen molar-refractivity contribution in [2.45, 2.75) is 111 Å². The first-order valence-electron chi connectivity index (χ1n) is 13.3. The minimum absolute atomic E-state index is 0.0151. The van der Waals surface area contributed by atoms with Crippen molar-refractivity contribution in [3.05, 3.63) is 11.6 Å². The number of rotatable bonds is 6. The summed E-state index contributed by atoms with van der Waals surface area (Å²) in [4.78, 5) is 0. The van der Waals surface area contributed by atoms with Gasteiger partial charge in [-0.2, -0.15) is 8.39 Å². The molecule has 0 aromatic heterocycles. The van der Waals surface area contributed by atoms with E-state index in [1.165, 1.54) is 32.1 Å². The lowest BCUT2D eigenvalue weighted by Gasteiger charge is -2.60. The second-order valence-corrected chi connectivity index (χ2v) is 14.4. The highest BCUT2D eigenvalue weighted by Gasteiger charge is 2.63. The summed E-state index contributed by atoms with van der Waals surface area (Å²) in [7, 11) is -5.29. The maximum atomic E-state index is 14.5. The van der Waals surface area contributed by atoms with E-state index in [1.807, 2.05) is 6.92 Å². The van der Waals surface area contributed by atoms with Gasteiger partial charge in [-0.1, -0.05) is 65.5 Å². The summed E-state index contributed by atoms with van der Waals surface area (Å²) >= 11 is 0. The summed E-state index contributed by atoms with van der Waals surface area (Å²) in [6.45, 7) is 11.5. The van der Waals surface area contributed by atoms with Gasteiger partial charge in [-0.3, -0.25) is 0 Å². The molecule has 0 saturated heterocycles.